The van der Waals surface area contributed by atoms with Crippen LogP contribution in [0.1, 0.15) is 25.7 Å². The lowest BCUT2D eigenvalue weighted by atomic mass is 9.87. The molecule has 4 amide bonds. The number of anilines is 1. The monoisotopic (exact) mass is 424 g/mol. The Balaban J connectivity index is 1.32. The molecule has 9 heteroatoms. The molecule has 0 radical (unpaired) electrons. The van der Waals surface area contributed by atoms with E-state index in [0.29, 0.717) is 42.6 Å². The quantitative estimate of drug-likeness (QED) is 0.710. The van der Waals surface area contributed by atoms with E-state index in [9.17, 15) is 14.4 Å². The summed E-state index contributed by atoms with van der Waals surface area (Å²) in [6.45, 7) is 2.62. The highest BCUT2D eigenvalue weighted by atomic mass is 35.5. The van der Waals surface area contributed by atoms with E-state index < -0.39 is 11.6 Å². The Bertz CT molecular complexity index is 821. The molecule has 3 aliphatic rings. The summed E-state index contributed by atoms with van der Waals surface area (Å²) >= 11 is 12.1. The van der Waals surface area contributed by atoms with Crippen LogP contribution in [0.5, 0.6) is 0 Å². The number of urea groups is 1. The molecular weight excluding hydrogens is 403 g/mol. The molecule has 28 heavy (non-hydrogen) atoms. The van der Waals surface area contributed by atoms with Crippen molar-refractivity contribution in [2.24, 2.45) is 5.92 Å². The molecule has 2 N–H and O–H groups in total. The summed E-state index contributed by atoms with van der Waals surface area (Å²) in [6, 6.07) is 5.07. The van der Waals surface area contributed by atoms with Gasteiger partial charge in [-0.15, -0.1) is 0 Å². The first-order chi connectivity index (χ1) is 13.4. The lowest BCUT2D eigenvalue weighted by molar-refractivity contribution is -0.132. The van der Waals surface area contributed by atoms with Crippen LogP contribution in [0.2, 0.25) is 10.0 Å². The van der Waals surface area contributed by atoms with Crippen molar-refractivity contribution in [1.29, 1.82) is 0 Å². The Morgan fingerprint density at radius 2 is 1.82 bits per heavy atom. The summed E-state index contributed by atoms with van der Waals surface area (Å²) in [5.74, 6) is -0.141. The number of hydrogen-bond acceptors (Lipinski definition) is 4. The molecule has 2 aliphatic heterocycles. The predicted molar refractivity (Wildman–Crippen MR) is 107 cm³/mol. The lowest BCUT2D eigenvalue weighted by Crippen LogP contribution is -2.51. The van der Waals surface area contributed by atoms with Gasteiger partial charge in [-0.3, -0.25) is 14.9 Å². The molecule has 3 fully saturated rings. The Labute approximate surface area is 173 Å². The van der Waals surface area contributed by atoms with Gasteiger partial charge < -0.3 is 15.1 Å². The molecule has 1 aliphatic carbocycles. The molecule has 1 atom stereocenters. The van der Waals surface area contributed by atoms with Crippen LogP contribution in [0, 0.1) is 5.92 Å². The van der Waals surface area contributed by atoms with Crippen LogP contribution in [0.3, 0.4) is 0 Å². The van der Waals surface area contributed by atoms with Crippen molar-refractivity contribution < 1.29 is 14.4 Å². The lowest BCUT2D eigenvalue weighted by Gasteiger charge is -2.37. The van der Waals surface area contributed by atoms with Gasteiger partial charge in [-0.05, 0) is 43.4 Å². The molecule has 1 unspecified atom stereocenters. The predicted octanol–water partition coefficient (Wildman–Crippen LogP) is 2.41. The number of piperazine rings is 1. The van der Waals surface area contributed by atoms with E-state index in [1.807, 2.05) is 17.0 Å². The zero-order chi connectivity index (χ0) is 19.9. The normalized spacial score (nSPS) is 24.9. The maximum Gasteiger partial charge on any atom is 0.322 e. The molecule has 1 saturated carbocycles. The highest BCUT2D eigenvalue weighted by Crippen LogP contribution is 2.43. The smallest absolute Gasteiger partial charge is 0.322 e. The fourth-order valence-corrected chi connectivity index (χ4v) is 4.40. The SMILES string of the molecule is O=C1NC(=O)C(CCC(=O)N2CCN(c3ccc(Cl)c(Cl)c3)CC2)(C2CC2)N1. The average molecular weight is 425 g/mol. The Kier molecular flexibility index (Phi) is 5.14. The van der Waals surface area contributed by atoms with Crippen LogP contribution in [0.15, 0.2) is 18.2 Å². The molecule has 1 aromatic carbocycles. The first-order valence-electron chi connectivity index (χ1n) is 9.50. The minimum Gasteiger partial charge on any atom is -0.368 e. The maximum absolute atomic E-state index is 12.7. The van der Waals surface area contributed by atoms with Crippen LogP contribution in [0.4, 0.5) is 10.5 Å². The summed E-state index contributed by atoms with van der Waals surface area (Å²) in [7, 11) is 0. The largest absolute Gasteiger partial charge is 0.368 e. The molecule has 150 valence electrons. The van der Waals surface area contributed by atoms with Crippen molar-refractivity contribution in [3.63, 3.8) is 0 Å². The minimum absolute atomic E-state index is 0.0164. The number of nitrogens with one attached hydrogen (secondary N) is 2. The van der Waals surface area contributed by atoms with Gasteiger partial charge in [-0.25, -0.2) is 4.79 Å². The number of imide groups is 1. The van der Waals surface area contributed by atoms with Crippen molar-refractivity contribution in [3.8, 4) is 0 Å². The topological polar surface area (TPSA) is 81.8 Å². The van der Waals surface area contributed by atoms with E-state index >= 15 is 0 Å². The third-order valence-electron chi connectivity index (χ3n) is 5.88. The number of carbonyl (C=O) groups is 3. The number of nitrogens with zero attached hydrogens (tertiary/aromatic N) is 2. The van der Waals surface area contributed by atoms with Crippen molar-refractivity contribution in [1.82, 2.24) is 15.5 Å². The van der Waals surface area contributed by atoms with Gasteiger partial charge in [-0.1, -0.05) is 23.2 Å². The Morgan fingerprint density at radius 1 is 1.11 bits per heavy atom. The average Bonchev–Trinajstić information content (AvgIpc) is 3.48. The molecule has 4 rings (SSSR count). The summed E-state index contributed by atoms with van der Waals surface area (Å²) in [5, 5.41) is 6.13. The van der Waals surface area contributed by atoms with Crippen molar-refractivity contribution in [3.05, 3.63) is 28.2 Å². The van der Waals surface area contributed by atoms with Gasteiger partial charge in [0.25, 0.3) is 5.91 Å². The maximum atomic E-state index is 12.7. The van der Waals surface area contributed by atoms with Gasteiger partial charge >= 0.3 is 6.03 Å². The van der Waals surface area contributed by atoms with Crippen LogP contribution in [-0.4, -0.2) is 54.5 Å². The van der Waals surface area contributed by atoms with Gasteiger partial charge in [-0.2, -0.15) is 0 Å². The van der Waals surface area contributed by atoms with Crippen molar-refractivity contribution in [2.75, 3.05) is 31.1 Å². The fraction of sp³-hybridized carbons (Fsp3) is 0.526. The fourth-order valence-electron chi connectivity index (χ4n) is 4.11. The van der Waals surface area contributed by atoms with Gasteiger partial charge in [0.05, 0.1) is 10.0 Å². The number of rotatable bonds is 5. The molecule has 0 spiro atoms. The number of carbonyl (C=O) groups excluding carboxylic acids is 3. The third kappa shape index (κ3) is 3.65. The molecule has 1 aromatic rings. The molecule has 7 nitrogen and oxygen atoms in total. The molecule has 0 aromatic heterocycles. The number of benzene rings is 1. The second-order valence-corrected chi connectivity index (χ2v) is 8.43. The Hall–Kier alpha value is -1.99. The van der Waals surface area contributed by atoms with Gasteiger partial charge in [0.2, 0.25) is 5.91 Å². The highest BCUT2D eigenvalue weighted by Gasteiger charge is 2.55. The van der Waals surface area contributed by atoms with E-state index in [0.717, 1.165) is 18.5 Å². The van der Waals surface area contributed by atoms with Crippen LogP contribution in [0.25, 0.3) is 0 Å². The van der Waals surface area contributed by atoms with Gasteiger partial charge in [0.15, 0.2) is 0 Å². The molecule has 0 bridgehead atoms. The van der Waals surface area contributed by atoms with Crippen LogP contribution in [-0.2, 0) is 9.59 Å². The molecular formula is C19H22Cl2N4O3. The van der Waals surface area contributed by atoms with Gasteiger partial charge in [0, 0.05) is 38.3 Å². The number of amides is 4. The molecule has 2 heterocycles. The van der Waals surface area contributed by atoms with Gasteiger partial charge in [0.1, 0.15) is 5.54 Å². The van der Waals surface area contributed by atoms with Crippen molar-refractivity contribution in [2.45, 2.75) is 31.2 Å². The second kappa shape index (κ2) is 7.44. The third-order valence-corrected chi connectivity index (χ3v) is 6.62. The number of hydrogen-bond donors (Lipinski definition) is 2. The zero-order valence-corrected chi connectivity index (χ0v) is 16.9. The van der Waals surface area contributed by atoms with Crippen molar-refractivity contribution >= 4 is 46.7 Å². The summed E-state index contributed by atoms with van der Waals surface area (Å²) < 4.78 is 0. The summed E-state index contributed by atoms with van der Waals surface area (Å²) in [6.07, 6.45) is 2.41. The van der Waals surface area contributed by atoms with E-state index in [4.69, 9.17) is 23.2 Å². The summed E-state index contributed by atoms with van der Waals surface area (Å²) in [5.41, 5.74) is 0.0776. The van der Waals surface area contributed by atoms with Crippen LogP contribution >= 0.6 is 23.2 Å². The van der Waals surface area contributed by atoms with E-state index in [1.165, 1.54) is 0 Å². The van der Waals surface area contributed by atoms with E-state index in [1.54, 1.807) is 6.07 Å². The Morgan fingerprint density at radius 3 is 2.39 bits per heavy atom. The zero-order valence-electron chi connectivity index (χ0n) is 15.3. The van der Waals surface area contributed by atoms with E-state index in [-0.39, 0.29) is 24.2 Å². The summed E-state index contributed by atoms with van der Waals surface area (Å²) in [4.78, 5) is 40.6. The standard InChI is InChI=1S/C19H22Cl2N4O3/c20-14-4-3-13(11-15(14)21)24-7-9-25(10-8-24)16(26)5-6-19(12-1-2-12)17(27)22-18(28)23-19/h3-4,11-12H,1-2,5-10H2,(H2,22,23,27,28). The molecule has 2 saturated heterocycles. The van der Waals surface area contributed by atoms with E-state index in [2.05, 4.69) is 15.5 Å². The minimum atomic E-state index is -0.908. The highest BCUT2D eigenvalue weighted by molar-refractivity contribution is 6.42. The first-order valence-corrected chi connectivity index (χ1v) is 10.3. The first kappa shape index (κ1) is 19.3. The second-order valence-electron chi connectivity index (χ2n) is 7.62. The van der Waals surface area contributed by atoms with Crippen LogP contribution < -0.4 is 15.5 Å². The number of halogens is 2.